The number of nitrogens with one attached hydrogen (secondary N) is 3. The number of rotatable bonds is 8. The van der Waals surface area contributed by atoms with E-state index in [1.54, 1.807) is 12.1 Å². The maximum atomic E-state index is 12.0. The molecule has 0 aromatic heterocycles. The first-order chi connectivity index (χ1) is 9.76. The van der Waals surface area contributed by atoms with E-state index in [9.17, 15) is 16.8 Å². The minimum Gasteiger partial charge on any atom is -0.384 e. The molecule has 0 saturated heterocycles. The molecule has 21 heavy (non-hydrogen) atoms. The zero-order valence-electron chi connectivity index (χ0n) is 11.7. The highest BCUT2D eigenvalue weighted by Crippen LogP contribution is 2.22. The Morgan fingerprint density at radius 1 is 1.05 bits per heavy atom. The van der Waals surface area contributed by atoms with Crippen LogP contribution in [0.5, 0.6) is 0 Å². The first-order valence-corrected chi connectivity index (χ1v) is 9.95. The molecule has 0 unspecified atom stereocenters. The van der Waals surface area contributed by atoms with Crippen molar-refractivity contribution in [2.24, 2.45) is 0 Å². The largest absolute Gasteiger partial charge is 0.384 e. The number of sulfonamides is 2. The summed E-state index contributed by atoms with van der Waals surface area (Å²) in [6, 6.07) is 6.44. The Kier molecular flexibility index (Phi) is 4.87. The van der Waals surface area contributed by atoms with E-state index in [1.165, 1.54) is 12.1 Å². The van der Waals surface area contributed by atoms with Crippen molar-refractivity contribution in [1.29, 1.82) is 0 Å². The maximum Gasteiger partial charge on any atom is 0.240 e. The molecule has 1 saturated carbocycles. The van der Waals surface area contributed by atoms with Crippen molar-refractivity contribution in [1.82, 2.24) is 9.44 Å². The smallest absolute Gasteiger partial charge is 0.240 e. The lowest BCUT2D eigenvalue weighted by molar-refractivity contribution is 0.580. The van der Waals surface area contributed by atoms with E-state index in [1.807, 2.05) is 0 Å². The van der Waals surface area contributed by atoms with Crippen LogP contribution in [0.4, 0.5) is 5.69 Å². The number of hydrogen-bond acceptors (Lipinski definition) is 5. The highest BCUT2D eigenvalue weighted by Gasteiger charge is 2.27. The van der Waals surface area contributed by atoms with Crippen LogP contribution in [0.2, 0.25) is 0 Å². The number of benzene rings is 1. The Morgan fingerprint density at radius 2 is 1.67 bits per heavy atom. The molecule has 0 heterocycles. The van der Waals surface area contributed by atoms with Crippen molar-refractivity contribution in [3.8, 4) is 0 Å². The molecule has 2 rings (SSSR count). The van der Waals surface area contributed by atoms with Gasteiger partial charge in [-0.25, -0.2) is 26.3 Å². The molecule has 1 aromatic rings. The minimum atomic E-state index is -3.43. The molecule has 1 fully saturated rings. The standard InChI is InChI=1S/C12H19N3O4S2/c1-20(16,17)14-9-8-13-10-4-6-12(7-5-10)21(18,19)15-11-2-3-11/h4-7,11,13-15H,2-3,8-9H2,1H3. The summed E-state index contributed by atoms with van der Waals surface area (Å²) >= 11 is 0. The first kappa shape index (κ1) is 16.2. The third-order valence-corrected chi connectivity index (χ3v) is 5.15. The van der Waals surface area contributed by atoms with E-state index in [4.69, 9.17) is 0 Å². The van der Waals surface area contributed by atoms with Gasteiger partial charge >= 0.3 is 0 Å². The lowest BCUT2D eigenvalue weighted by Gasteiger charge is -2.09. The van der Waals surface area contributed by atoms with Gasteiger partial charge in [-0.3, -0.25) is 0 Å². The van der Waals surface area contributed by atoms with Gasteiger partial charge in [0.05, 0.1) is 11.2 Å². The molecule has 9 heteroatoms. The second-order valence-corrected chi connectivity index (χ2v) is 8.56. The normalized spacial score (nSPS) is 15.9. The summed E-state index contributed by atoms with van der Waals surface area (Å²) in [5.74, 6) is 0. The molecular formula is C12H19N3O4S2. The fourth-order valence-electron chi connectivity index (χ4n) is 1.68. The molecule has 118 valence electrons. The molecule has 0 aliphatic heterocycles. The lowest BCUT2D eigenvalue weighted by atomic mass is 10.3. The van der Waals surface area contributed by atoms with Gasteiger partial charge in [-0.05, 0) is 37.1 Å². The van der Waals surface area contributed by atoms with Gasteiger partial charge in [-0.2, -0.15) is 0 Å². The highest BCUT2D eigenvalue weighted by atomic mass is 32.2. The third kappa shape index (κ3) is 5.62. The van der Waals surface area contributed by atoms with Crippen molar-refractivity contribution in [3.05, 3.63) is 24.3 Å². The van der Waals surface area contributed by atoms with Gasteiger partial charge in [0.25, 0.3) is 0 Å². The van der Waals surface area contributed by atoms with Crippen LogP contribution in [-0.4, -0.2) is 42.2 Å². The third-order valence-electron chi connectivity index (χ3n) is 2.88. The van der Waals surface area contributed by atoms with Crippen LogP contribution >= 0.6 is 0 Å². The average molecular weight is 333 g/mol. The quantitative estimate of drug-likeness (QED) is 0.585. The molecule has 1 aliphatic carbocycles. The van der Waals surface area contributed by atoms with Crippen molar-refractivity contribution < 1.29 is 16.8 Å². The summed E-state index contributed by atoms with van der Waals surface area (Å²) in [7, 11) is -6.62. The zero-order chi connectivity index (χ0) is 15.5. The van der Waals surface area contributed by atoms with Crippen LogP contribution in [0.3, 0.4) is 0 Å². The molecule has 1 aromatic carbocycles. The Hall–Kier alpha value is -1.16. The fraction of sp³-hybridized carbons (Fsp3) is 0.500. The van der Waals surface area contributed by atoms with Crippen LogP contribution in [0.1, 0.15) is 12.8 Å². The summed E-state index contributed by atoms with van der Waals surface area (Å²) in [4.78, 5) is 0.231. The first-order valence-electron chi connectivity index (χ1n) is 6.57. The Labute approximate surface area is 125 Å². The van der Waals surface area contributed by atoms with Crippen molar-refractivity contribution in [2.75, 3.05) is 24.7 Å². The van der Waals surface area contributed by atoms with Crippen molar-refractivity contribution in [3.63, 3.8) is 0 Å². The SMILES string of the molecule is CS(=O)(=O)NCCNc1ccc(S(=O)(=O)NC2CC2)cc1. The molecule has 1 aliphatic rings. The second kappa shape index (κ2) is 6.30. The van der Waals surface area contributed by atoms with Crippen LogP contribution in [-0.2, 0) is 20.0 Å². The van der Waals surface area contributed by atoms with Gasteiger partial charge in [-0.15, -0.1) is 0 Å². The summed E-state index contributed by atoms with van der Waals surface area (Å²) in [5.41, 5.74) is 0.732. The molecular weight excluding hydrogens is 314 g/mol. The van der Waals surface area contributed by atoms with Crippen LogP contribution in [0.15, 0.2) is 29.2 Å². The summed E-state index contributed by atoms with van der Waals surface area (Å²) in [6.45, 7) is 0.682. The van der Waals surface area contributed by atoms with Crippen LogP contribution in [0.25, 0.3) is 0 Å². The summed E-state index contributed by atoms with van der Waals surface area (Å²) < 4.78 is 50.6. The summed E-state index contributed by atoms with van der Waals surface area (Å²) in [6.07, 6.45) is 2.89. The van der Waals surface area contributed by atoms with E-state index < -0.39 is 20.0 Å². The monoisotopic (exact) mass is 333 g/mol. The van der Waals surface area contributed by atoms with Crippen LogP contribution < -0.4 is 14.8 Å². The Morgan fingerprint density at radius 3 is 2.19 bits per heavy atom. The highest BCUT2D eigenvalue weighted by molar-refractivity contribution is 7.89. The fourth-order valence-corrected chi connectivity index (χ4v) is 3.46. The second-order valence-electron chi connectivity index (χ2n) is 5.01. The Balaban J connectivity index is 1.87. The maximum absolute atomic E-state index is 12.0. The van der Waals surface area contributed by atoms with Crippen LogP contribution in [0, 0.1) is 0 Å². The molecule has 0 spiro atoms. The average Bonchev–Trinajstić information content (AvgIpc) is 3.17. The van der Waals surface area contributed by atoms with E-state index >= 15 is 0 Å². The van der Waals surface area contributed by atoms with Gasteiger partial charge in [0, 0.05) is 24.8 Å². The van der Waals surface area contributed by atoms with E-state index in [0.717, 1.165) is 24.8 Å². The predicted octanol–water partition coefficient (Wildman–Crippen LogP) is 0.0884. The summed E-state index contributed by atoms with van der Waals surface area (Å²) in [5, 5.41) is 3.01. The molecule has 3 N–H and O–H groups in total. The Bertz CT molecular complexity index is 680. The lowest BCUT2D eigenvalue weighted by Crippen LogP contribution is -2.27. The van der Waals surface area contributed by atoms with E-state index in [-0.39, 0.29) is 17.5 Å². The van der Waals surface area contributed by atoms with Gasteiger partial charge < -0.3 is 5.32 Å². The number of anilines is 1. The minimum absolute atomic E-state index is 0.0786. The molecule has 7 nitrogen and oxygen atoms in total. The zero-order valence-corrected chi connectivity index (χ0v) is 13.3. The van der Waals surface area contributed by atoms with Gasteiger partial charge in [0.2, 0.25) is 20.0 Å². The number of hydrogen-bond donors (Lipinski definition) is 3. The van der Waals surface area contributed by atoms with Gasteiger partial charge in [0.1, 0.15) is 0 Å². The van der Waals surface area contributed by atoms with E-state index in [0.29, 0.717) is 6.54 Å². The molecule has 0 radical (unpaired) electrons. The van der Waals surface area contributed by atoms with Crippen molar-refractivity contribution >= 4 is 25.7 Å². The molecule has 0 atom stereocenters. The van der Waals surface area contributed by atoms with E-state index in [2.05, 4.69) is 14.8 Å². The topological polar surface area (TPSA) is 104 Å². The molecule has 0 amide bonds. The van der Waals surface area contributed by atoms with Gasteiger partial charge in [-0.1, -0.05) is 0 Å². The molecule has 0 bridgehead atoms. The van der Waals surface area contributed by atoms with Crippen molar-refractivity contribution in [2.45, 2.75) is 23.8 Å². The predicted molar refractivity (Wildman–Crippen MR) is 81.1 cm³/mol. The van der Waals surface area contributed by atoms with Gasteiger partial charge in [0.15, 0.2) is 0 Å².